The van der Waals surface area contributed by atoms with Gasteiger partial charge in [0.25, 0.3) is 5.91 Å². The van der Waals surface area contributed by atoms with E-state index >= 15 is 0 Å². The van der Waals surface area contributed by atoms with Crippen molar-refractivity contribution in [2.45, 2.75) is 31.9 Å². The highest BCUT2D eigenvalue weighted by Crippen LogP contribution is 2.32. The van der Waals surface area contributed by atoms with Crippen LogP contribution in [0.25, 0.3) is 22.0 Å². The topological polar surface area (TPSA) is 91.1 Å². The fourth-order valence-corrected chi connectivity index (χ4v) is 3.17. The number of nitrogens with two attached hydrogens (primary N) is 1. The Hall–Kier alpha value is -2.70. The highest BCUT2D eigenvalue weighted by molar-refractivity contribution is 6.09. The molecule has 0 saturated heterocycles. The molecule has 5 N–H and O–H groups in total. The summed E-state index contributed by atoms with van der Waals surface area (Å²) in [6.45, 7) is 2.13. The molecular weight excluding hydrogens is 345 g/mol. The first-order valence-electron chi connectivity index (χ1n) is 9.09. The van der Waals surface area contributed by atoms with E-state index in [1.165, 1.54) is 12.1 Å². The maximum Gasteiger partial charge on any atom is 0.268 e. The number of para-hydroxylation sites is 1. The third kappa shape index (κ3) is 4.18. The number of aromatic nitrogens is 1. The van der Waals surface area contributed by atoms with Crippen LogP contribution in [0.1, 0.15) is 30.3 Å². The number of nitrogens with one attached hydrogen (secondary N) is 2. The summed E-state index contributed by atoms with van der Waals surface area (Å²) < 4.78 is 13.3. The number of H-pyrrole nitrogens is 1. The molecule has 2 atom stereocenters. The number of amides is 1. The van der Waals surface area contributed by atoms with Gasteiger partial charge in [-0.15, -0.1) is 0 Å². The molecule has 142 valence electrons. The van der Waals surface area contributed by atoms with Crippen molar-refractivity contribution in [2.75, 3.05) is 6.54 Å². The van der Waals surface area contributed by atoms with E-state index in [2.05, 4.69) is 10.3 Å². The smallest absolute Gasteiger partial charge is 0.268 e. The van der Waals surface area contributed by atoms with Crippen LogP contribution in [0.15, 0.2) is 48.5 Å². The van der Waals surface area contributed by atoms with Crippen LogP contribution in [-0.4, -0.2) is 34.7 Å². The lowest BCUT2D eigenvalue weighted by atomic mass is 10.0. The molecule has 1 heterocycles. The molecule has 1 unspecified atom stereocenters. The van der Waals surface area contributed by atoms with E-state index in [4.69, 9.17) is 5.73 Å². The predicted molar refractivity (Wildman–Crippen MR) is 105 cm³/mol. The van der Waals surface area contributed by atoms with Gasteiger partial charge in [-0.3, -0.25) is 4.79 Å². The zero-order valence-electron chi connectivity index (χ0n) is 15.2. The maximum absolute atomic E-state index is 13.3. The fourth-order valence-electron chi connectivity index (χ4n) is 3.17. The van der Waals surface area contributed by atoms with Gasteiger partial charge in [-0.05, 0) is 30.2 Å². The quantitative estimate of drug-likeness (QED) is 0.515. The van der Waals surface area contributed by atoms with Crippen molar-refractivity contribution < 1.29 is 14.3 Å². The number of aromatic amines is 1. The molecule has 2 aromatic carbocycles. The van der Waals surface area contributed by atoms with Gasteiger partial charge in [0.1, 0.15) is 11.5 Å². The lowest BCUT2D eigenvalue weighted by Gasteiger charge is -2.18. The molecule has 3 rings (SSSR count). The van der Waals surface area contributed by atoms with Crippen LogP contribution >= 0.6 is 0 Å². The van der Waals surface area contributed by atoms with Crippen LogP contribution in [-0.2, 0) is 0 Å². The lowest BCUT2D eigenvalue weighted by molar-refractivity contribution is 0.0923. The van der Waals surface area contributed by atoms with Gasteiger partial charge in [-0.2, -0.15) is 0 Å². The van der Waals surface area contributed by atoms with Crippen molar-refractivity contribution in [1.29, 1.82) is 0 Å². The number of rotatable bonds is 7. The number of hydrogen-bond acceptors (Lipinski definition) is 3. The summed E-state index contributed by atoms with van der Waals surface area (Å²) in [6, 6.07) is 13.1. The Morgan fingerprint density at radius 1 is 1.22 bits per heavy atom. The molecule has 0 bridgehead atoms. The Kier molecular flexibility index (Phi) is 5.88. The molecule has 3 aromatic rings. The van der Waals surface area contributed by atoms with E-state index in [-0.39, 0.29) is 18.3 Å². The first-order valence-corrected chi connectivity index (χ1v) is 9.09. The number of carbonyl (C=O) groups excluding carboxylic acids is 1. The minimum absolute atomic E-state index is 0.165. The van der Waals surface area contributed by atoms with E-state index in [1.807, 2.05) is 31.2 Å². The summed E-state index contributed by atoms with van der Waals surface area (Å²) in [5.41, 5.74) is 8.62. The SMILES string of the molecule is CCCC(O)[C@@H](N)CNC(=O)c1[nH]c2ccccc2c1-c1ccc(F)cc1. The van der Waals surface area contributed by atoms with Gasteiger partial charge in [0.15, 0.2) is 0 Å². The Labute approximate surface area is 157 Å². The molecule has 0 saturated carbocycles. The van der Waals surface area contributed by atoms with Crippen molar-refractivity contribution in [3.8, 4) is 11.1 Å². The van der Waals surface area contributed by atoms with Crippen LogP contribution < -0.4 is 11.1 Å². The number of halogens is 1. The Bertz CT molecular complexity index is 921. The number of hydrogen-bond donors (Lipinski definition) is 4. The normalized spacial score (nSPS) is 13.5. The van der Waals surface area contributed by atoms with E-state index in [0.717, 1.165) is 22.9 Å². The highest BCUT2D eigenvalue weighted by Gasteiger charge is 2.21. The van der Waals surface area contributed by atoms with E-state index in [1.54, 1.807) is 12.1 Å². The third-order valence-corrected chi connectivity index (χ3v) is 4.64. The van der Waals surface area contributed by atoms with Gasteiger partial charge in [-0.1, -0.05) is 43.7 Å². The first-order chi connectivity index (χ1) is 13.0. The minimum atomic E-state index is -0.658. The van der Waals surface area contributed by atoms with Crippen LogP contribution in [0.4, 0.5) is 4.39 Å². The monoisotopic (exact) mass is 369 g/mol. The Morgan fingerprint density at radius 2 is 1.93 bits per heavy atom. The van der Waals surface area contributed by atoms with Crippen molar-refractivity contribution in [2.24, 2.45) is 5.73 Å². The van der Waals surface area contributed by atoms with Gasteiger partial charge in [0.2, 0.25) is 0 Å². The average Bonchev–Trinajstić information content (AvgIpc) is 3.06. The van der Waals surface area contributed by atoms with Crippen LogP contribution in [0.2, 0.25) is 0 Å². The van der Waals surface area contributed by atoms with E-state index in [9.17, 15) is 14.3 Å². The molecule has 1 amide bonds. The largest absolute Gasteiger partial charge is 0.391 e. The second-order valence-electron chi connectivity index (χ2n) is 6.66. The number of aliphatic hydroxyl groups excluding tert-OH is 1. The molecule has 1 aromatic heterocycles. The summed E-state index contributed by atoms with van der Waals surface area (Å²) in [6.07, 6.45) is 0.749. The van der Waals surface area contributed by atoms with Gasteiger partial charge < -0.3 is 21.1 Å². The predicted octanol–water partition coefficient (Wildman–Crippen LogP) is 3.19. The van der Waals surface area contributed by atoms with Gasteiger partial charge in [-0.25, -0.2) is 4.39 Å². The first kappa shape index (κ1) is 19.1. The summed E-state index contributed by atoms with van der Waals surface area (Å²) in [5.74, 6) is -0.648. The van der Waals surface area contributed by atoms with Crippen molar-refractivity contribution in [3.05, 3.63) is 60.0 Å². The number of carbonyl (C=O) groups is 1. The zero-order valence-corrected chi connectivity index (χ0v) is 15.2. The maximum atomic E-state index is 13.3. The molecule has 0 fully saturated rings. The van der Waals surface area contributed by atoms with Crippen molar-refractivity contribution in [3.63, 3.8) is 0 Å². The Balaban J connectivity index is 1.90. The standard InChI is InChI=1S/C21H24FN3O2/c1-2-5-18(26)16(23)12-24-21(27)20-19(13-8-10-14(22)11-9-13)15-6-3-4-7-17(15)25-20/h3-4,6-11,16,18,25-26H,2,5,12,23H2,1H3,(H,24,27)/t16-,18?/m0/s1. The number of aliphatic hydroxyl groups is 1. The molecule has 0 spiro atoms. The molecular formula is C21H24FN3O2. The number of fused-ring (bicyclic) bond motifs is 1. The number of benzene rings is 2. The summed E-state index contributed by atoms with van der Waals surface area (Å²) >= 11 is 0. The Morgan fingerprint density at radius 3 is 2.63 bits per heavy atom. The molecule has 27 heavy (non-hydrogen) atoms. The summed E-state index contributed by atoms with van der Waals surface area (Å²) in [5, 5.41) is 13.6. The second-order valence-corrected chi connectivity index (χ2v) is 6.66. The van der Waals surface area contributed by atoms with Gasteiger partial charge in [0.05, 0.1) is 6.10 Å². The molecule has 0 aliphatic carbocycles. The second kappa shape index (κ2) is 8.33. The highest BCUT2D eigenvalue weighted by atomic mass is 19.1. The lowest BCUT2D eigenvalue weighted by Crippen LogP contribution is -2.45. The fraction of sp³-hybridized carbons (Fsp3) is 0.286. The van der Waals surface area contributed by atoms with Gasteiger partial charge >= 0.3 is 0 Å². The molecule has 5 nitrogen and oxygen atoms in total. The minimum Gasteiger partial charge on any atom is -0.391 e. The van der Waals surface area contributed by atoms with Crippen molar-refractivity contribution in [1.82, 2.24) is 10.3 Å². The zero-order chi connectivity index (χ0) is 19.4. The molecule has 0 radical (unpaired) electrons. The van der Waals surface area contributed by atoms with Crippen LogP contribution in [0.5, 0.6) is 0 Å². The summed E-state index contributed by atoms with van der Waals surface area (Å²) in [4.78, 5) is 16.0. The molecule has 6 heteroatoms. The van der Waals surface area contributed by atoms with E-state index < -0.39 is 12.1 Å². The molecule has 0 aliphatic rings. The van der Waals surface area contributed by atoms with Crippen LogP contribution in [0.3, 0.4) is 0 Å². The third-order valence-electron chi connectivity index (χ3n) is 4.64. The summed E-state index contributed by atoms with van der Waals surface area (Å²) in [7, 11) is 0. The molecule has 0 aliphatic heterocycles. The van der Waals surface area contributed by atoms with Crippen molar-refractivity contribution >= 4 is 16.8 Å². The van der Waals surface area contributed by atoms with Crippen LogP contribution in [0, 0.1) is 5.82 Å². The van der Waals surface area contributed by atoms with E-state index in [0.29, 0.717) is 17.7 Å². The van der Waals surface area contributed by atoms with Gasteiger partial charge in [0, 0.05) is 29.1 Å². The average molecular weight is 369 g/mol.